The number of anilines is 1. The maximum atomic E-state index is 11.6. The summed E-state index contributed by atoms with van der Waals surface area (Å²) in [7, 11) is 0. The first kappa shape index (κ1) is 15.5. The number of likely N-dealkylation sites (tertiary alicyclic amines) is 1. The Morgan fingerprint density at radius 3 is 2.81 bits per heavy atom. The molecule has 0 atom stereocenters. The van der Waals surface area contributed by atoms with Crippen LogP contribution in [0.15, 0.2) is 17.3 Å². The molecule has 1 aromatic heterocycles. The molecule has 1 aliphatic heterocycles. The molecule has 0 radical (unpaired) electrons. The molecule has 1 N–H and O–H groups in total. The summed E-state index contributed by atoms with van der Waals surface area (Å²) in [5.74, 6) is 0.599. The molecule has 0 bridgehead atoms. The van der Waals surface area contributed by atoms with Crippen molar-refractivity contribution < 1.29 is 9.53 Å². The molecule has 114 valence electrons. The van der Waals surface area contributed by atoms with E-state index in [0.717, 1.165) is 12.8 Å². The maximum Gasteiger partial charge on any atom is 0.409 e. The minimum Gasteiger partial charge on any atom is -0.450 e. The monoisotopic (exact) mass is 312 g/mol. The fraction of sp³-hybridized carbons (Fsp3) is 0.538. The Morgan fingerprint density at radius 2 is 2.24 bits per heavy atom. The number of nitroso groups, excluding NO2 is 1. The maximum absolute atomic E-state index is 11.6. The van der Waals surface area contributed by atoms with Gasteiger partial charge in [0.05, 0.1) is 6.61 Å². The van der Waals surface area contributed by atoms with Gasteiger partial charge in [0.25, 0.3) is 0 Å². The van der Waals surface area contributed by atoms with Gasteiger partial charge in [-0.1, -0.05) is 11.6 Å². The van der Waals surface area contributed by atoms with E-state index in [-0.39, 0.29) is 23.0 Å². The van der Waals surface area contributed by atoms with Gasteiger partial charge in [-0.25, -0.2) is 9.78 Å². The predicted octanol–water partition coefficient (Wildman–Crippen LogP) is 3.17. The number of rotatable bonds is 4. The first-order chi connectivity index (χ1) is 10.1. The molecule has 0 aromatic carbocycles. The normalized spacial score (nSPS) is 15.6. The highest BCUT2D eigenvalue weighted by Crippen LogP contribution is 2.25. The van der Waals surface area contributed by atoms with Gasteiger partial charge in [-0.15, -0.1) is 4.91 Å². The Hall–Kier alpha value is -1.89. The summed E-state index contributed by atoms with van der Waals surface area (Å²) >= 11 is 5.83. The summed E-state index contributed by atoms with van der Waals surface area (Å²) in [5.41, 5.74) is 0.124. The van der Waals surface area contributed by atoms with Crippen molar-refractivity contribution in [2.45, 2.75) is 25.8 Å². The van der Waals surface area contributed by atoms with Crippen LogP contribution in [0.5, 0.6) is 0 Å². The van der Waals surface area contributed by atoms with Gasteiger partial charge < -0.3 is 15.0 Å². The van der Waals surface area contributed by atoms with E-state index in [1.165, 1.54) is 6.07 Å². The molecule has 0 unspecified atom stereocenters. The SMILES string of the molecule is CCOC(=O)N1CCC(Nc2ccc(N=O)c(Cl)n2)CC1. The van der Waals surface area contributed by atoms with Crippen LogP contribution in [0.25, 0.3) is 0 Å². The Labute approximate surface area is 127 Å². The molecular weight excluding hydrogens is 296 g/mol. The quantitative estimate of drug-likeness (QED) is 0.682. The third kappa shape index (κ3) is 4.04. The lowest BCUT2D eigenvalue weighted by atomic mass is 10.1. The minimum atomic E-state index is -0.265. The van der Waals surface area contributed by atoms with Crippen LogP contribution in [-0.2, 0) is 4.74 Å². The van der Waals surface area contributed by atoms with E-state index in [4.69, 9.17) is 16.3 Å². The molecule has 0 saturated carbocycles. The number of nitrogens with one attached hydrogen (secondary N) is 1. The van der Waals surface area contributed by atoms with Gasteiger partial charge in [-0.05, 0) is 37.1 Å². The number of ether oxygens (including phenoxy) is 1. The molecule has 7 nitrogen and oxygen atoms in total. The molecule has 1 saturated heterocycles. The summed E-state index contributed by atoms with van der Waals surface area (Å²) in [6, 6.07) is 3.40. The van der Waals surface area contributed by atoms with Crippen LogP contribution in [0.1, 0.15) is 19.8 Å². The molecule has 0 aliphatic carbocycles. The second-order valence-electron chi connectivity index (χ2n) is 4.70. The zero-order valence-corrected chi connectivity index (χ0v) is 12.5. The van der Waals surface area contributed by atoms with Crippen LogP contribution in [0.4, 0.5) is 16.3 Å². The van der Waals surface area contributed by atoms with Gasteiger partial charge in [0.15, 0.2) is 5.15 Å². The van der Waals surface area contributed by atoms with Crippen LogP contribution in [0.3, 0.4) is 0 Å². The molecule has 2 rings (SSSR count). The lowest BCUT2D eigenvalue weighted by Crippen LogP contribution is -2.42. The number of hydrogen-bond acceptors (Lipinski definition) is 6. The Bertz CT molecular complexity index is 518. The number of nitrogens with zero attached hydrogens (tertiary/aromatic N) is 3. The van der Waals surface area contributed by atoms with Gasteiger partial charge in [-0.3, -0.25) is 0 Å². The van der Waals surface area contributed by atoms with E-state index in [1.54, 1.807) is 17.9 Å². The van der Waals surface area contributed by atoms with E-state index in [1.807, 2.05) is 0 Å². The Kier molecular flexibility index (Phi) is 5.32. The third-order valence-corrected chi connectivity index (χ3v) is 3.58. The van der Waals surface area contributed by atoms with Crippen molar-refractivity contribution in [2.75, 3.05) is 25.0 Å². The largest absolute Gasteiger partial charge is 0.450 e. The Morgan fingerprint density at radius 1 is 1.52 bits per heavy atom. The molecule has 21 heavy (non-hydrogen) atoms. The Balaban J connectivity index is 1.87. The summed E-state index contributed by atoms with van der Waals surface area (Å²) in [4.78, 5) is 27.8. The van der Waals surface area contributed by atoms with Gasteiger partial charge in [0, 0.05) is 19.1 Å². The van der Waals surface area contributed by atoms with Crippen molar-refractivity contribution in [3.8, 4) is 0 Å². The highest BCUT2D eigenvalue weighted by molar-refractivity contribution is 6.31. The van der Waals surface area contributed by atoms with Crippen molar-refractivity contribution in [3.05, 3.63) is 22.2 Å². The van der Waals surface area contributed by atoms with Crippen molar-refractivity contribution >= 4 is 29.2 Å². The third-order valence-electron chi connectivity index (χ3n) is 3.30. The van der Waals surface area contributed by atoms with Crippen LogP contribution < -0.4 is 5.32 Å². The zero-order chi connectivity index (χ0) is 15.2. The van der Waals surface area contributed by atoms with Crippen LogP contribution >= 0.6 is 11.6 Å². The summed E-state index contributed by atoms with van der Waals surface area (Å²) < 4.78 is 4.97. The lowest BCUT2D eigenvalue weighted by molar-refractivity contribution is 0.0983. The van der Waals surface area contributed by atoms with E-state index in [9.17, 15) is 9.70 Å². The highest BCUT2D eigenvalue weighted by atomic mass is 35.5. The van der Waals surface area contributed by atoms with E-state index < -0.39 is 0 Å². The number of pyridine rings is 1. The van der Waals surface area contributed by atoms with E-state index in [0.29, 0.717) is 25.5 Å². The van der Waals surface area contributed by atoms with Gasteiger partial charge >= 0.3 is 6.09 Å². The number of piperidine rings is 1. The number of carbonyl (C=O) groups excluding carboxylic acids is 1. The van der Waals surface area contributed by atoms with Crippen molar-refractivity contribution in [1.82, 2.24) is 9.88 Å². The second kappa shape index (κ2) is 7.21. The molecule has 1 aliphatic rings. The second-order valence-corrected chi connectivity index (χ2v) is 5.06. The van der Waals surface area contributed by atoms with Crippen LogP contribution in [0.2, 0.25) is 5.15 Å². The molecule has 1 amide bonds. The fourth-order valence-electron chi connectivity index (χ4n) is 2.21. The number of halogens is 1. The number of amides is 1. The number of hydrogen-bond donors (Lipinski definition) is 1. The highest BCUT2D eigenvalue weighted by Gasteiger charge is 2.23. The first-order valence-corrected chi connectivity index (χ1v) is 7.20. The van der Waals surface area contributed by atoms with Crippen LogP contribution in [0, 0.1) is 4.91 Å². The molecule has 1 fully saturated rings. The number of carbonyl (C=O) groups is 1. The van der Waals surface area contributed by atoms with E-state index in [2.05, 4.69) is 15.5 Å². The standard InChI is InChI=1S/C13H17ClN4O3/c1-2-21-13(19)18-7-5-9(6-8-18)15-11-4-3-10(17-20)12(14)16-11/h3-4,9H,2,5-8H2,1H3,(H,15,16). The van der Waals surface area contributed by atoms with E-state index >= 15 is 0 Å². The minimum absolute atomic E-state index is 0.0824. The van der Waals surface area contributed by atoms with Gasteiger partial charge in [0.2, 0.25) is 0 Å². The topological polar surface area (TPSA) is 83.9 Å². The summed E-state index contributed by atoms with van der Waals surface area (Å²) in [5, 5.41) is 6.10. The number of aromatic nitrogens is 1. The molecule has 2 heterocycles. The van der Waals surface area contributed by atoms with Crippen molar-refractivity contribution in [2.24, 2.45) is 5.18 Å². The summed E-state index contributed by atoms with van der Waals surface area (Å²) in [6.45, 7) is 3.45. The molecule has 8 heteroatoms. The average molecular weight is 313 g/mol. The van der Waals surface area contributed by atoms with Gasteiger partial charge in [-0.2, -0.15) is 0 Å². The molecule has 1 aromatic rings. The van der Waals surface area contributed by atoms with Gasteiger partial charge in [0.1, 0.15) is 11.5 Å². The van der Waals surface area contributed by atoms with Crippen molar-refractivity contribution in [1.29, 1.82) is 0 Å². The van der Waals surface area contributed by atoms with Crippen LogP contribution in [-0.4, -0.2) is 41.7 Å². The average Bonchev–Trinajstić information content (AvgIpc) is 2.48. The zero-order valence-electron chi connectivity index (χ0n) is 11.7. The first-order valence-electron chi connectivity index (χ1n) is 6.82. The smallest absolute Gasteiger partial charge is 0.409 e. The fourth-order valence-corrected chi connectivity index (χ4v) is 2.39. The van der Waals surface area contributed by atoms with Crippen molar-refractivity contribution in [3.63, 3.8) is 0 Å². The predicted molar refractivity (Wildman–Crippen MR) is 79.9 cm³/mol. The lowest BCUT2D eigenvalue weighted by Gasteiger charge is -2.31. The molecule has 0 spiro atoms. The molecular formula is C13H17ClN4O3. The summed E-state index contributed by atoms with van der Waals surface area (Å²) in [6.07, 6.45) is 1.33.